The van der Waals surface area contributed by atoms with Gasteiger partial charge < -0.3 is 10.6 Å². The fourth-order valence-corrected chi connectivity index (χ4v) is 4.11. The van der Waals surface area contributed by atoms with E-state index in [0.29, 0.717) is 18.5 Å². The van der Waals surface area contributed by atoms with E-state index in [1.54, 1.807) is 0 Å². The van der Waals surface area contributed by atoms with Crippen LogP contribution in [0.25, 0.3) is 0 Å². The Morgan fingerprint density at radius 1 is 1.16 bits per heavy atom. The Balaban J connectivity index is 2.12. The molecule has 3 nitrogen and oxygen atoms in total. The second-order valence-electron chi connectivity index (χ2n) is 6.44. The third kappa shape index (κ3) is 2.67. The fraction of sp³-hybridized carbons (Fsp3) is 0.938. The first-order valence-corrected chi connectivity index (χ1v) is 8.19. The first kappa shape index (κ1) is 14.8. The van der Waals surface area contributed by atoms with Crippen LogP contribution in [0.15, 0.2) is 0 Å². The predicted molar refractivity (Wildman–Crippen MR) is 78.8 cm³/mol. The monoisotopic (exact) mass is 266 g/mol. The molecule has 2 rings (SSSR count). The largest absolute Gasteiger partial charge is 0.339 e. The smallest absolute Gasteiger partial charge is 0.230 e. The minimum absolute atomic E-state index is 0.304. The van der Waals surface area contributed by atoms with Gasteiger partial charge in [0.05, 0.1) is 5.41 Å². The van der Waals surface area contributed by atoms with Gasteiger partial charge in [0.2, 0.25) is 5.91 Å². The average Bonchev–Trinajstić information content (AvgIpc) is 3.11. The molecule has 1 unspecified atom stereocenters. The highest BCUT2D eigenvalue weighted by Crippen LogP contribution is 2.38. The Morgan fingerprint density at radius 2 is 1.79 bits per heavy atom. The molecule has 1 heterocycles. The van der Waals surface area contributed by atoms with Crippen molar-refractivity contribution in [1.82, 2.24) is 4.90 Å². The van der Waals surface area contributed by atoms with Crippen molar-refractivity contribution in [3.05, 3.63) is 0 Å². The molecule has 1 aliphatic carbocycles. The molecule has 2 aliphatic rings. The van der Waals surface area contributed by atoms with E-state index in [1.807, 2.05) is 0 Å². The van der Waals surface area contributed by atoms with Gasteiger partial charge in [0.1, 0.15) is 0 Å². The molecular formula is C16H30N2O. The number of nitrogens with zero attached hydrogens (tertiary/aromatic N) is 1. The molecule has 0 aromatic heterocycles. The highest BCUT2D eigenvalue weighted by atomic mass is 16.2. The normalized spacial score (nSPS) is 25.2. The number of carbonyl (C=O) groups excluding carboxylic acids is 1. The summed E-state index contributed by atoms with van der Waals surface area (Å²) in [6.07, 6.45) is 9.48. The summed E-state index contributed by atoms with van der Waals surface area (Å²) in [4.78, 5) is 15.2. The van der Waals surface area contributed by atoms with Gasteiger partial charge in [-0.15, -0.1) is 0 Å². The van der Waals surface area contributed by atoms with Gasteiger partial charge in [-0.3, -0.25) is 4.79 Å². The Labute approximate surface area is 117 Å². The van der Waals surface area contributed by atoms with Crippen molar-refractivity contribution < 1.29 is 4.79 Å². The van der Waals surface area contributed by atoms with Crippen LogP contribution in [0.4, 0.5) is 0 Å². The van der Waals surface area contributed by atoms with E-state index in [4.69, 9.17) is 5.73 Å². The van der Waals surface area contributed by atoms with E-state index >= 15 is 0 Å². The van der Waals surface area contributed by atoms with Gasteiger partial charge in [0.25, 0.3) is 0 Å². The zero-order valence-corrected chi connectivity index (χ0v) is 12.7. The molecule has 0 aromatic rings. The fourth-order valence-electron chi connectivity index (χ4n) is 4.11. The summed E-state index contributed by atoms with van der Waals surface area (Å²) in [5.74, 6) is 1.10. The molecule has 1 atom stereocenters. The molecule has 2 fully saturated rings. The van der Waals surface area contributed by atoms with Crippen LogP contribution in [0, 0.1) is 11.3 Å². The number of hydrogen-bond donors (Lipinski definition) is 1. The zero-order valence-electron chi connectivity index (χ0n) is 12.7. The summed E-state index contributed by atoms with van der Waals surface area (Å²) in [5, 5.41) is 0. The summed E-state index contributed by atoms with van der Waals surface area (Å²) < 4.78 is 0. The van der Waals surface area contributed by atoms with Crippen molar-refractivity contribution in [2.45, 2.75) is 71.3 Å². The lowest BCUT2D eigenvalue weighted by Gasteiger charge is -2.38. The Bertz CT molecular complexity index is 298. The van der Waals surface area contributed by atoms with Crippen LogP contribution in [0.2, 0.25) is 0 Å². The van der Waals surface area contributed by atoms with Crippen LogP contribution in [0.5, 0.6) is 0 Å². The number of carbonyl (C=O) groups is 1. The molecule has 0 radical (unpaired) electrons. The predicted octanol–water partition coefficient (Wildman–Crippen LogP) is 2.93. The van der Waals surface area contributed by atoms with Crippen LogP contribution in [-0.4, -0.2) is 29.9 Å². The SMILES string of the molecule is CCC(CC)(CN)C(=O)N1CCCC1C1CCCC1. The van der Waals surface area contributed by atoms with Crippen LogP contribution < -0.4 is 5.73 Å². The van der Waals surface area contributed by atoms with Gasteiger partial charge in [0.15, 0.2) is 0 Å². The summed E-state index contributed by atoms with van der Waals surface area (Å²) in [6.45, 7) is 5.66. The van der Waals surface area contributed by atoms with E-state index < -0.39 is 0 Å². The van der Waals surface area contributed by atoms with Crippen molar-refractivity contribution in [2.75, 3.05) is 13.1 Å². The number of rotatable bonds is 5. The van der Waals surface area contributed by atoms with Gasteiger partial charge in [-0.05, 0) is 44.4 Å². The average molecular weight is 266 g/mol. The van der Waals surface area contributed by atoms with Crippen molar-refractivity contribution in [1.29, 1.82) is 0 Å². The third-order valence-corrected chi connectivity index (χ3v) is 5.70. The maximum Gasteiger partial charge on any atom is 0.230 e. The highest BCUT2D eigenvalue weighted by Gasteiger charge is 2.43. The lowest BCUT2D eigenvalue weighted by atomic mass is 9.80. The lowest BCUT2D eigenvalue weighted by Crippen LogP contribution is -2.50. The van der Waals surface area contributed by atoms with E-state index in [1.165, 1.54) is 38.5 Å². The molecule has 110 valence electrons. The van der Waals surface area contributed by atoms with E-state index in [2.05, 4.69) is 18.7 Å². The minimum atomic E-state index is -0.304. The van der Waals surface area contributed by atoms with E-state index in [-0.39, 0.29) is 5.41 Å². The standard InChI is InChI=1S/C16H30N2O/c1-3-16(4-2,12-17)15(19)18-11-7-10-14(18)13-8-5-6-9-13/h13-14H,3-12,17H2,1-2H3. The quantitative estimate of drug-likeness (QED) is 0.831. The molecule has 2 N–H and O–H groups in total. The number of hydrogen-bond acceptors (Lipinski definition) is 2. The van der Waals surface area contributed by atoms with Crippen molar-refractivity contribution in [3.63, 3.8) is 0 Å². The minimum Gasteiger partial charge on any atom is -0.339 e. The van der Waals surface area contributed by atoms with Crippen molar-refractivity contribution in [3.8, 4) is 0 Å². The van der Waals surface area contributed by atoms with Gasteiger partial charge >= 0.3 is 0 Å². The molecule has 1 aliphatic heterocycles. The number of amides is 1. The van der Waals surface area contributed by atoms with Crippen molar-refractivity contribution in [2.24, 2.45) is 17.1 Å². The van der Waals surface area contributed by atoms with Crippen molar-refractivity contribution >= 4 is 5.91 Å². The van der Waals surface area contributed by atoms with Gasteiger partial charge in [0, 0.05) is 19.1 Å². The summed E-state index contributed by atoms with van der Waals surface area (Å²) in [6, 6.07) is 0.513. The molecular weight excluding hydrogens is 236 g/mol. The molecule has 0 aromatic carbocycles. The highest BCUT2D eigenvalue weighted by molar-refractivity contribution is 5.83. The molecule has 1 saturated heterocycles. The Kier molecular flexibility index (Phi) is 4.88. The van der Waals surface area contributed by atoms with Gasteiger partial charge in [-0.2, -0.15) is 0 Å². The number of likely N-dealkylation sites (tertiary alicyclic amines) is 1. The summed E-state index contributed by atoms with van der Waals surface area (Å²) in [7, 11) is 0. The molecule has 19 heavy (non-hydrogen) atoms. The molecule has 0 bridgehead atoms. The Morgan fingerprint density at radius 3 is 2.32 bits per heavy atom. The number of nitrogens with two attached hydrogens (primary N) is 1. The van der Waals surface area contributed by atoms with Gasteiger partial charge in [-0.25, -0.2) is 0 Å². The molecule has 3 heteroatoms. The second kappa shape index (κ2) is 6.25. The van der Waals surface area contributed by atoms with E-state index in [0.717, 1.165) is 25.3 Å². The van der Waals surface area contributed by atoms with Crippen LogP contribution >= 0.6 is 0 Å². The molecule has 1 amide bonds. The first-order valence-electron chi connectivity index (χ1n) is 8.19. The van der Waals surface area contributed by atoms with Crippen LogP contribution in [-0.2, 0) is 4.79 Å². The maximum atomic E-state index is 13.0. The van der Waals surface area contributed by atoms with E-state index in [9.17, 15) is 4.79 Å². The molecule has 0 spiro atoms. The zero-order chi connectivity index (χ0) is 13.9. The molecule has 1 saturated carbocycles. The maximum absolute atomic E-state index is 13.0. The second-order valence-corrected chi connectivity index (χ2v) is 6.44. The van der Waals surface area contributed by atoms with Gasteiger partial charge in [-0.1, -0.05) is 26.7 Å². The van der Waals surface area contributed by atoms with Crippen LogP contribution in [0.3, 0.4) is 0 Å². The summed E-state index contributed by atoms with van der Waals surface area (Å²) >= 11 is 0. The topological polar surface area (TPSA) is 46.3 Å². The van der Waals surface area contributed by atoms with Crippen LogP contribution in [0.1, 0.15) is 65.2 Å². The lowest BCUT2D eigenvalue weighted by molar-refractivity contribution is -0.144. The Hall–Kier alpha value is -0.570. The third-order valence-electron chi connectivity index (χ3n) is 5.70. The first-order chi connectivity index (χ1) is 9.18. The summed E-state index contributed by atoms with van der Waals surface area (Å²) in [5.41, 5.74) is 5.64.